The van der Waals surface area contributed by atoms with E-state index in [4.69, 9.17) is 10.4 Å². The van der Waals surface area contributed by atoms with Gasteiger partial charge >= 0.3 is 12.6 Å². The van der Waals surface area contributed by atoms with Crippen molar-refractivity contribution < 1.29 is 28.2 Å². The lowest BCUT2D eigenvalue weighted by molar-refractivity contribution is -0.0507. The summed E-state index contributed by atoms with van der Waals surface area (Å²) in [5, 5.41) is 17.8. The summed E-state index contributed by atoms with van der Waals surface area (Å²) in [5.41, 5.74) is -0.580. The van der Waals surface area contributed by atoms with Gasteiger partial charge in [0.25, 0.3) is 0 Å². The Kier molecular flexibility index (Phi) is 4.57. The van der Waals surface area contributed by atoms with E-state index in [1.807, 2.05) is 0 Å². The lowest BCUT2D eigenvalue weighted by Crippen LogP contribution is -2.13. The highest BCUT2D eigenvalue weighted by atomic mass is 19.3. The second-order valence-electron chi connectivity index (χ2n) is 3.12. The molecule has 0 spiro atoms. The molecule has 5 nitrogen and oxygen atoms in total. The molecule has 0 aliphatic heterocycles. The molecule has 0 amide bonds. The van der Waals surface area contributed by atoms with Crippen LogP contribution in [0.5, 0.6) is 5.75 Å². The van der Waals surface area contributed by atoms with Crippen molar-refractivity contribution in [3.8, 4) is 11.8 Å². The molecular formula is C11H9F2NO4. The van der Waals surface area contributed by atoms with Gasteiger partial charge in [0.1, 0.15) is 11.6 Å². The molecule has 0 radical (unpaired) electrons. The Hall–Kier alpha value is -2.20. The fourth-order valence-corrected chi connectivity index (χ4v) is 1.38. The molecule has 0 unspecified atom stereocenters. The quantitative estimate of drug-likeness (QED) is 0.825. The van der Waals surface area contributed by atoms with Crippen molar-refractivity contribution in [2.24, 2.45) is 0 Å². The van der Waals surface area contributed by atoms with Crippen LogP contribution in [0.2, 0.25) is 0 Å². The number of carbonyl (C=O) groups excluding carboxylic acids is 1. The number of nitrogens with zero attached hydrogens (tertiary/aromatic N) is 1. The van der Waals surface area contributed by atoms with E-state index in [9.17, 15) is 13.6 Å². The molecule has 0 fully saturated rings. The molecule has 0 aliphatic rings. The average Bonchev–Trinajstić information content (AvgIpc) is 2.36. The first kappa shape index (κ1) is 13.9. The summed E-state index contributed by atoms with van der Waals surface area (Å²) in [5.74, 6) is -1.56. The molecule has 96 valence electrons. The highest BCUT2D eigenvalue weighted by Gasteiger charge is 2.23. The van der Waals surface area contributed by atoms with Gasteiger partial charge in [-0.05, 0) is 11.6 Å². The molecule has 0 bridgehead atoms. The van der Waals surface area contributed by atoms with Crippen molar-refractivity contribution in [1.82, 2.24) is 0 Å². The zero-order chi connectivity index (χ0) is 13.7. The number of nitriles is 1. The Bertz CT molecular complexity index is 497. The van der Waals surface area contributed by atoms with E-state index >= 15 is 0 Å². The predicted octanol–water partition coefficient (Wildman–Crippen LogP) is 1.44. The van der Waals surface area contributed by atoms with Gasteiger partial charge in [-0.3, -0.25) is 0 Å². The standard InChI is InChI=1S/C11H9F2NO4/c1-17-10(16)8-7(5-15)3-2-6(4-14)9(8)18-11(12)13/h2-3,11,15H,5H2,1H3. The van der Waals surface area contributed by atoms with Crippen LogP contribution in [0.4, 0.5) is 8.78 Å². The Balaban J connectivity index is 3.48. The minimum Gasteiger partial charge on any atom is -0.465 e. The molecule has 0 saturated heterocycles. The highest BCUT2D eigenvalue weighted by molar-refractivity contribution is 5.95. The van der Waals surface area contributed by atoms with Crippen molar-refractivity contribution in [3.63, 3.8) is 0 Å². The van der Waals surface area contributed by atoms with Crippen LogP contribution in [0.3, 0.4) is 0 Å². The minimum absolute atomic E-state index is 0.0384. The second kappa shape index (κ2) is 5.93. The van der Waals surface area contributed by atoms with Gasteiger partial charge in [-0.15, -0.1) is 0 Å². The first-order valence-corrected chi connectivity index (χ1v) is 4.75. The van der Waals surface area contributed by atoms with Crippen LogP contribution in [0.15, 0.2) is 12.1 Å². The summed E-state index contributed by atoms with van der Waals surface area (Å²) in [6.45, 7) is -3.77. The molecule has 0 aromatic heterocycles. The first-order valence-electron chi connectivity index (χ1n) is 4.75. The summed E-state index contributed by atoms with van der Waals surface area (Å²) < 4.78 is 33.1. The van der Waals surface area contributed by atoms with E-state index in [0.717, 1.165) is 7.11 Å². The van der Waals surface area contributed by atoms with Gasteiger partial charge in [0.05, 0.1) is 19.3 Å². The van der Waals surface area contributed by atoms with E-state index < -0.39 is 24.9 Å². The maximum absolute atomic E-state index is 12.3. The van der Waals surface area contributed by atoms with Crippen molar-refractivity contribution in [3.05, 3.63) is 28.8 Å². The molecular weight excluding hydrogens is 248 g/mol. The third-order valence-corrected chi connectivity index (χ3v) is 2.13. The number of rotatable bonds is 4. The Morgan fingerprint density at radius 3 is 2.67 bits per heavy atom. The number of esters is 1. The number of ether oxygens (including phenoxy) is 2. The van der Waals surface area contributed by atoms with Crippen LogP contribution in [-0.2, 0) is 11.3 Å². The fraction of sp³-hybridized carbons (Fsp3) is 0.273. The molecule has 0 atom stereocenters. The van der Waals surface area contributed by atoms with Gasteiger partial charge in [0, 0.05) is 0 Å². The molecule has 0 heterocycles. The lowest BCUT2D eigenvalue weighted by atomic mass is 10.0. The summed E-state index contributed by atoms with van der Waals surface area (Å²) in [4.78, 5) is 11.5. The number of alkyl halides is 2. The van der Waals surface area contributed by atoms with E-state index in [1.165, 1.54) is 12.1 Å². The largest absolute Gasteiger partial charge is 0.465 e. The van der Waals surface area contributed by atoms with Gasteiger partial charge in [-0.1, -0.05) is 6.07 Å². The van der Waals surface area contributed by atoms with Gasteiger partial charge in [-0.2, -0.15) is 14.0 Å². The topological polar surface area (TPSA) is 79.5 Å². The van der Waals surface area contributed by atoms with Crippen LogP contribution in [0.25, 0.3) is 0 Å². The highest BCUT2D eigenvalue weighted by Crippen LogP contribution is 2.29. The zero-order valence-corrected chi connectivity index (χ0v) is 9.31. The third kappa shape index (κ3) is 2.73. The predicted molar refractivity (Wildman–Crippen MR) is 55.1 cm³/mol. The maximum atomic E-state index is 12.3. The van der Waals surface area contributed by atoms with E-state index in [-0.39, 0.29) is 16.7 Å². The number of hydrogen-bond acceptors (Lipinski definition) is 5. The summed E-state index contributed by atoms with van der Waals surface area (Å²) in [6.07, 6.45) is 0. The molecule has 7 heteroatoms. The number of halogens is 2. The molecule has 1 aromatic rings. The minimum atomic E-state index is -3.20. The van der Waals surface area contributed by atoms with E-state index in [1.54, 1.807) is 6.07 Å². The van der Waals surface area contributed by atoms with Gasteiger partial charge in [-0.25, -0.2) is 4.79 Å². The van der Waals surface area contributed by atoms with Crippen molar-refractivity contribution >= 4 is 5.97 Å². The molecule has 0 saturated carbocycles. The number of methoxy groups -OCH3 is 1. The number of carbonyl (C=O) groups is 1. The maximum Gasteiger partial charge on any atom is 0.387 e. The van der Waals surface area contributed by atoms with E-state index in [2.05, 4.69) is 9.47 Å². The smallest absolute Gasteiger partial charge is 0.387 e. The van der Waals surface area contributed by atoms with Gasteiger partial charge in [0.15, 0.2) is 5.75 Å². The number of aliphatic hydroxyl groups excluding tert-OH is 1. The Morgan fingerprint density at radius 1 is 1.56 bits per heavy atom. The number of aliphatic hydroxyl groups is 1. The van der Waals surface area contributed by atoms with Crippen molar-refractivity contribution in [2.45, 2.75) is 13.2 Å². The van der Waals surface area contributed by atoms with Crippen LogP contribution in [0.1, 0.15) is 21.5 Å². The zero-order valence-electron chi connectivity index (χ0n) is 9.31. The number of benzene rings is 1. The van der Waals surface area contributed by atoms with Crippen molar-refractivity contribution in [2.75, 3.05) is 7.11 Å². The van der Waals surface area contributed by atoms with E-state index in [0.29, 0.717) is 0 Å². The molecule has 1 N–H and O–H groups in total. The number of hydrogen-bond donors (Lipinski definition) is 1. The lowest BCUT2D eigenvalue weighted by Gasteiger charge is -2.13. The Morgan fingerprint density at radius 2 is 2.22 bits per heavy atom. The second-order valence-corrected chi connectivity index (χ2v) is 3.12. The summed E-state index contributed by atoms with van der Waals surface area (Å²) in [6, 6.07) is 4.07. The summed E-state index contributed by atoms with van der Waals surface area (Å²) in [7, 11) is 1.05. The normalized spacial score (nSPS) is 10.0. The van der Waals surface area contributed by atoms with Crippen molar-refractivity contribution in [1.29, 1.82) is 5.26 Å². The van der Waals surface area contributed by atoms with Crippen LogP contribution in [-0.4, -0.2) is 24.8 Å². The fourth-order valence-electron chi connectivity index (χ4n) is 1.38. The van der Waals surface area contributed by atoms with Gasteiger partial charge in [0.2, 0.25) is 0 Å². The van der Waals surface area contributed by atoms with Crippen LogP contribution < -0.4 is 4.74 Å². The first-order chi connectivity index (χ1) is 8.54. The van der Waals surface area contributed by atoms with Gasteiger partial charge < -0.3 is 14.6 Å². The third-order valence-electron chi connectivity index (χ3n) is 2.13. The van der Waals surface area contributed by atoms with Crippen LogP contribution in [0, 0.1) is 11.3 Å². The Labute approximate surface area is 101 Å². The molecule has 0 aliphatic carbocycles. The summed E-state index contributed by atoms with van der Waals surface area (Å²) >= 11 is 0. The SMILES string of the molecule is COC(=O)c1c(CO)ccc(C#N)c1OC(F)F. The molecule has 1 aromatic carbocycles. The molecule has 18 heavy (non-hydrogen) atoms. The monoisotopic (exact) mass is 257 g/mol. The average molecular weight is 257 g/mol. The molecule has 1 rings (SSSR count). The van der Waals surface area contributed by atoms with Crippen LogP contribution >= 0.6 is 0 Å².